The Morgan fingerprint density at radius 3 is 3.18 bits per heavy atom. The molecule has 0 bridgehead atoms. The maximum absolute atomic E-state index is 11.9. The number of nitrogens with zero attached hydrogens (tertiary/aromatic N) is 2. The van der Waals surface area contributed by atoms with Gasteiger partial charge in [0, 0.05) is 31.4 Å². The van der Waals surface area contributed by atoms with Crippen LogP contribution in [0.3, 0.4) is 0 Å². The highest BCUT2D eigenvalue weighted by Gasteiger charge is 2.13. The largest absolute Gasteiger partial charge is 0.461 e. The molecule has 0 aliphatic carbocycles. The summed E-state index contributed by atoms with van der Waals surface area (Å²) in [5.41, 5.74) is 2.93. The molecule has 1 aliphatic rings. The van der Waals surface area contributed by atoms with Crippen molar-refractivity contribution >= 4 is 11.8 Å². The number of nitrogens with one attached hydrogen (secondary N) is 1. The minimum atomic E-state index is -0.271. The Morgan fingerprint density at radius 2 is 2.32 bits per heavy atom. The van der Waals surface area contributed by atoms with E-state index in [0.29, 0.717) is 18.8 Å². The number of pyridine rings is 1. The number of fused-ring (bicyclic) bond motifs is 1. The minimum absolute atomic E-state index is 0.271. The fourth-order valence-corrected chi connectivity index (χ4v) is 2.74. The van der Waals surface area contributed by atoms with Crippen molar-refractivity contribution < 1.29 is 9.53 Å². The molecule has 2 aromatic rings. The van der Waals surface area contributed by atoms with Crippen LogP contribution in [0.15, 0.2) is 30.5 Å². The van der Waals surface area contributed by atoms with Crippen LogP contribution in [0.4, 0.5) is 5.82 Å². The van der Waals surface area contributed by atoms with Gasteiger partial charge in [0.15, 0.2) is 0 Å². The number of aromatic nitrogens is 2. The van der Waals surface area contributed by atoms with E-state index in [2.05, 4.69) is 22.4 Å². The molecular weight excluding hydrogens is 278 g/mol. The number of esters is 1. The fraction of sp³-hybridized carbons (Fsp3) is 0.412. The van der Waals surface area contributed by atoms with Gasteiger partial charge in [0.2, 0.25) is 0 Å². The number of anilines is 1. The predicted molar refractivity (Wildman–Crippen MR) is 85.1 cm³/mol. The van der Waals surface area contributed by atoms with Crippen LogP contribution in [0.5, 0.6) is 0 Å². The zero-order chi connectivity index (χ0) is 15.4. The van der Waals surface area contributed by atoms with Crippen molar-refractivity contribution in [2.24, 2.45) is 0 Å². The number of rotatable bonds is 5. The third kappa shape index (κ3) is 3.13. The molecule has 0 aromatic carbocycles. The second kappa shape index (κ2) is 6.64. The molecule has 3 rings (SSSR count). The predicted octanol–water partition coefficient (Wildman–Crippen LogP) is 2.66. The number of carbonyl (C=O) groups is 1. The minimum Gasteiger partial charge on any atom is -0.461 e. The molecule has 0 atom stereocenters. The quantitative estimate of drug-likeness (QED) is 0.862. The van der Waals surface area contributed by atoms with Crippen LogP contribution in [0.25, 0.3) is 0 Å². The van der Waals surface area contributed by atoms with E-state index in [1.807, 2.05) is 23.8 Å². The lowest BCUT2D eigenvalue weighted by atomic mass is 10.1. The van der Waals surface area contributed by atoms with E-state index in [9.17, 15) is 4.79 Å². The molecule has 5 nitrogen and oxygen atoms in total. The zero-order valence-corrected chi connectivity index (χ0v) is 12.8. The van der Waals surface area contributed by atoms with Crippen LogP contribution in [0, 0.1) is 0 Å². The van der Waals surface area contributed by atoms with E-state index in [1.165, 1.54) is 12.0 Å². The first-order chi connectivity index (χ1) is 10.8. The van der Waals surface area contributed by atoms with E-state index in [0.717, 1.165) is 30.9 Å². The summed E-state index contributed by atoms with van der Waals surface area (Å²) in [4.78, 5) is 16.5. The first-order valence-corrected chi connectivity index (χ1v) is 7.83. The van der Waals surface area contributed by atoms with Crippen LogP contribution in [0.2, 0.25) is 0 Å². The second-order valence-electron chi connectivity index (χ2n) is 5.40. The van der Waals surface area contributed by atoms with Gasteiger partial charge in [-0.3, -0.25) is 0 Å². The van der Waals surface area contributed by atoms with Crippen LogP contribution in [-0.2, 0) is 24.1 Å². The highest BCUT2D eigenvalue weighted by Crippen LogP contribution is 2.20. The molecule has 3 heterocycles. The second-order valence-corrected chi connectivity index (χ2v) is 5.40. The normalized spacial score (nSPS) is 13.3. The molecule has 2 aromatic heterocycles. The molecule has 0 saturated carbocycles. The van der Waals surface area contributed by atoms with Crippen molar-refractivity contribution in [3.05, 3.63) is 47.4 Å². The van der Waals surface area contributed by atoms with Gasteiger partial charge >= 0.3 is 5.97 Å². The lowest BCUT2D eigenvalue weighted by molar-refractivity contribution is 0.0513. The average Bonchev–Trinajstić information content (AvgIpc) is 3.01. The van der Waals surface area contributed by atoms with Gasteiger partial charge in [-0.25, -0.2) is 9.78 Å². The number of carbonyl (C=O) groups excluding carboxylic acids is 1. The number of hydrogen-bond acceptors (Lipinski definition) is 4. The summed E-state index contributed by atoms with van der Waals surface area (Å²) < 4.78 is 6.99. The lowest BCUT2D eigenvalue weighted by Crippen LogP contribution is -2.15. The smallest absolute Gasteiger partial charge is 0.354 e. The standard InChI is InChI=1S/C17H21N3O2/c1-2-22-17(21)15-6-4-11-20(15)12-9-14-8-7-13-5-3-10-18-16(13)19-14/h4,6-8,11H,2-3,5,9-10,12H2,1H3,(H,18,19). The van der Waals surface area contributed by atoms with E-state index in [4.69, 9.17) is 4.74 Å². The number of ether oxygens (including phenoxy) is 1. The molecule has 22 heavy (non-hydrogen) atoms. The first-order valence-electron chi connectivity index (χ1n) is 7.83. The molecule has 1 aliphatic heterocycles. The monoisotopic (exact) mass is 299 g/mol. The third-order valence-electron chi connectivity index (χ3n) is 3.87. The molecular formula is C17H21N3O2. The van der Waals surface area contributed by atoms with Gasteiger partial charge in [-0.2, -0.15) is 0 Å². The molecule has 0 radical (unpaired) electrons. The Labute approximate surface area is 130 Å². The van der Waals surface area contributed by atoms with Crippen molar-refractivity contribution in [1.82, 2.24) is 9.55 Å². The SMILES string of the molecule is CCOC(=O)c1cccn1CCc1ccc2c(n1)NCCC2. The molecule has 0 saturated heterocycles. The summed E-state index contributed by atoms with van der Waals surface area (Å²) in [6.07, 6.45) is 4.96. The van der Waals surface area contributed by atoms with Gasteiger partial charge < -0.3 is 14.6 Å². The highest BCUT2D eigenvalue weighted by molar-refractivity contribution is 5.87. The average molecular weight is 299 g/mol. The van der Waals surface area contributed by atoms with Gasteiger partial charge in [-0.15, -0.1) is 0 Å². The van der Waals surface area contributed by atoms with Crippen molar-refractivity contribution in [2.75, 3.05) is 18.5 Å². The summed E-state index contributed by atoms with van der Waals surface area (Å²) in [5.74, 6) is 0.745. The van der Waals surface area contributed by atoms with Crippen LogP contribution < -0.4 is 5.32 Å². The molecule has 0 spiro atoms. The van der Waals surface area contributed by atoms with Gasteiger partial charge in [0.05, 0.1) is 6.61 Å². The Morgan fingerprint density at radius 1 is 1.41 bits per heavy atom. The van der Waals surface area contributed by atoms with Crippen LogP contribution >= 0.6 is 0 Å². The van der Waals surface area contributed by atoms with Crippen molar-refractivity contribution in [3.8, 4) is 0 Å². The molecule has 116 valence electrons. The third-order valence-corrected chi connectivity index (χ3v) is 3.87. The summed E-state index contributed by atoms with van der Waals surface area (Å²) in [6, 6.07) is 7.90. The summed E-state index contributed by atoms with van der Waals surface area (Å²) in [7, 11) is 0. The van der Waals surface area contributed by atoms with Gasteiger partial charge in [0.25, 0.3) is 0 Å². The van der Waals surface area contributed by atoms with Crippen LogP contribution in [0.1, 0.15) is 35.1 Å². The fourth-order valence-electron chi connectivity index (χ4n) is 2.74. The van der Waals surface area contributed by atoms with Gasteiger partial charge in [0.1, 0.15) is 11.5 Å². The van der Waals surface area contributed by atoms with E-state index in [1.54, 1.807) is 6.07 Å². The molecule has 0 fully saturated rings. The molecule has 5 heteroatoms. The molecule has 1 N–H and O–H groups in total. The topological polar surface area (TPSA) is 56.2 Å². The molecule has 0 amide bonds. The Kier molecular flexibility index (Phi) is 4.42. The highest BCUT2D eigenvalue weighted by atomic mass is 16.5. The Hall–Kier alpha value is -2.30. The van der Waals surface area contributed by atoms with Crippen molar-refractivity contribution in [1.29, 1.82) is 0 Å². The van der Waals surface area contributed by atoms with Crippen LogP contribution in [-0.4, -0.2) is 28.7 Å². The summed E-state index contributed by atoms with van der Waals surface area (Å²) >= 11 is 0. The Balaban J connectivity index is 1.68. The number of hydrogen-bond donors (Lipinski definition) is 1. The van der Waals surface area contributed by atoms with Gasteiger partial charge in [-0.1, -0.05) is 6.07 Å². The first kappa shape index (κ1) is 14.6. The van der Waals surface area contributed by atoms with E-state index < -0.39 is 0 Å². The maximum atomic E-state index is 11.9. The zero-order valence-electron chi connectivity index (χ0n) is 12.8. The van der Waals surface area contributed by atoms with Crippen molar-refractivity contribution in [3.63, 3.8) is 0 Å². The maximum Gasteiger partial charge on any atom is 0.354 e. The lowest BCUT2D eigenvalue weighted by Gasteiger charge is -2.17. The van der Waals surface area contributed by atoms with Crippen molar-refractivity contribution in [2.45, 2.75) is 32.7 Å². The summed E-state index contributed by atoms with van der Waals surface area (Å²) in [6.45, 7) is 3.91. The summed E-state index contributed by atoms with van der Waals surface area (Å²) in [5, 5.41) is 3.35. The Bertz CT molecular complexity index is 664. The molecule has 0 unspecified atom stereocenters. The number of aryl methyl sites for hydroxylation is 3. The van der Waals surface area contributed by atoms with E-state index in [-0.39, 0.29) is 5.97 Å². The van der Waals surface area contributed by atoms with Gasteiger partial charge in [-0.05, 0) is 43.5 Å². The van der Waals surface area contributed by atoms with E-state index >= 15 is 0 Å².